The summed E-state index contributed by atoms with van der Waals surface area (Å²) in [4.78, 5) is 61.4. The van der Waals surface area contributed by atoms with E-state index in [0.717, 1.165) is 6.42 Å². The molecule has 0 aliphatic carbocycles. The number of nitrogens with zero attached hydrogens (tertiary/aromatic N) is 1. The molecule has 0 saturated carbocycles. The Morgan fingerprint density at radius 2 is 1.83 bits per heavy atom. The number of nitrogens with one attached hydrogen (secondary N) is 1. The van der Waals surface area contributed by atoms with E-state index < -0.39 is 35.7 Å². The summed E-state index contributed by atoms with van der Waals surface area (Å²) >= 11 is 0. The average Bonchev–Trinajstić information content (AvgIpc) is 2.80. The Balaban J connectivity index is 2.43. The van der Waals surface area contributed by atoms with Crippen molar-refractivity contribution in [3.8, 4) is 0 Å². The first-order chi connectivity index (χ1) is 10.8. The highest BCUT2D eigenvalue weighted by Gasteiger charge is 2.33. The van der Waals surface area contributed by atoms with Crippen LogP contribution in [0.1, 0.15) is 51.9 Å². The summed E-state index contributed by atoms with van der Waals surface area (Å²) in [6, 6.07) is -1.23. The number of hydrogen-bond donors (Lipinski definition) is 2. The van der Waals surface area contributed by atoms with Crippen LogP contribution >= 0.6 is 0 Å². The Bertz CT molecular complexity index is 487. The molecule has 1 fully saturated rings. The molecule has 1 atom stereocenters. The molecule has 0 aromatic rings. The number of hydrogen-bond acceptors (Lipinski definition) is 6. The summed E-state index contributed by atoms with van der Waals surface area (Å²) in [5, 5.41) is 11.8. The third kappa shape index (κ3) is 6.05. The molecule has 0 unspecified atom stereocenters. The van der Waals surface area contributed by atoms with E-state index in [9.17, 15) is 24.0 Å². The summed E-state index contributed by atoms with van der Waals surface area (Å²) < 4.78 is 0. The minimum Gasteiger partial charge on any atom is -0.480 e. The van der Waals surface area contributed by atoms with Crippen LogP contribution < -0.4 is 5.32 Å². The molecular formula is C14H20N2O7. The fourth-order valence-corrected chi connectivity index (χ4v) is 1.93. The van der Waals surface area contributed by atoms with Gasteiger partial charge in [0.2, 0.25) is 5.91 Å². The monoisotopic (exact) mass is 328 g/mol. The second-order valence-electron chi connectivity index (χ2n) is 5.15. The molecule has 0 aromatic carbocycles. The smallest absolute Gasteiger partial charge is 0.333 e. The second kappa shape index (κ2) is 8.86. The zero-order valence-electron chi connectivity index (χ0n) is 12.9. The SMILES string of the molecule is CCCCC(=O)N[C@@H](CCC(=O)ON1C(=O)CCC1=O)C(=O)O. The van der Waals surface area contributed by atoms with Gasteiger partial charge in [0, 0.05) is 19.3 Å². The van der Waals surface area contributed by atoms with Crippen LogP contribution in [0.3, 0.4) is 0 Å². The van der Waals surface area contributed by atoms with E-state index in [1.807, 2.05) is 6.92 Å². The van der Waals surface area contributed by atoms with E-state index in [1.54, 1.807) is 0 Å². The number of rotatable bonds is 9. The Morgan fingerprint density at radius 1 is 1.22 bits per heavy atom. The van der Waals surface area contributed by atoms with Crippen LogP contribution in [0.2, 0.25) is 0 Å². The largest absolute Gasteiger partial charge is 0.480 e. The molecule has 1 aliphatic heterocycles. The lowest BCUT2D eigenvalue weighted by atomic mass is 10.1. The van der Waals surface area contributed by atoms with Gasteiger partial charge >= 0.3 is 11.9 Å². The number of carbonyl (C=O) groups excluding carboxylic acids is 4. The molecule has 9 nitrogen and oxygen atoms in total. The Morgan fingerprint density at radius 3 is 2.35 bits per heavy atom. The van der Waals surface area contributed by atoms with Crippen molar-refractivity contribution in [3.05, 3.63) is 0 Å². The molecule has 0 radical (unpaired) electrons. The van der Waals surface area contributed by atoms with Crippen molar-refractivity contribution in [2.75, 3.05) is 0 Å². The predicted octanol–water partition coefficient (Wildman–Crippen LogP) is 0.133. The van der Waals surface area contributed by atoms with Gasteiger partial charge < -0.3 is 15.3 Å². The average molecular weight is 328 g/mol. The standard InChI is InChI=1S/C14H20N2O7/c1-2-3-4-10(17)15-9(14(21)22)5-8-13(20)23-16-11(18)6-7-12(16)19/h9H,2-8H2,1H3,(H,15,17)(H,21,22)/t9-/m0/s1. The van der Waals surface area contributed by atoms with E-state index in [0.29, 0.717) is 11.5 Å². The number of hydroxylamine groups is 2. The summed E-state index contributed by atoms with van der Waals surface area (Å²) in [6.07, 6.45) is 1.08. The highest BCUT2D eigenvalue weighted by Crippen LogP contribution is 2.13. The molecule has 0 aromatic heterocycles. The van der Waals surface area contributed by atoms with Gasteiger partial charge in [-0.25, -0.2) is 9.59 Å². The maximum Gasteiger partial charge on any atom is 0.333 e. The number of carbonyl (C=O) groups is 5. The first-order valence-corrected chi connectivity index (χ1v) is 7.44. The highest BCUT2D eigenvalue weighted by atomic mass is 16.7. The fraction of sp³-hybridized carbons (Fsp3) is 0.643. The summed E-state index contributed by atoms with van der Waals surface area (Å²) in [5.74, 6) is -3.78. The maximum absolute atomic E-state index is 11.6. The van der Waals surface area contributed by atoms with Gasteiger partial charge in [-0.15, -0.1) is 5.06 Å². The molecule has 1 heterocycles. The normalized spacial score (nSPS) is 15.4. The summed E-state index contributed by atoms with van der Waals surface area (Å²) in [7, 11) is 0. The summed E-state index contributed by atoms with van der Waals surface area (Å²) in [5.41, 5.74) is 0. The van der Waals surface area contributed by atoms with Crippen LogP contribution in [0.25, 0.3) is 0 Å². The third-order valence-electron chi connectivity index (χ3n) is 3.23. The number of carboxylic acids is 1. The van der Waals surface area contributed by atoms with Crippen molar-refractivity contribution in [1.29, 1.82) is 0 Å². The third-order valence-corrected chi connectivity index (χ3v) is 3.23. The van der Waals surface area contributed by atoms with Crippen molar-refractivity contribution in [2.24, 2.45) is 0 Å². The van der Waals surface area contributed by atoms with E-state index in [2.05, 4.69) is 10.2 Å². The molecule has 1 saturated heterocycles. The molecule has 3 amide bonds. The van der Waals surface area contributed by atoms with E-state index >= 15 is 0 Å². The van der Waals surface area contributed by atoms with Crippen LogP contribution in [0, 0.1) is 0 Å². The van der Waals surface area contributed by atoms with Crippen LogP contribution in [0.5, 0.6) is 0 Å². The Hall–Kier alpha value is -2.45. The van der Waals surface area contributed by atoms with Gasteiger partial charge in [-0.1, -0.05) is 13.3 Å². The first-order valence-electron chi connectivity index (χ1n) is 7.44. The van der Waals surface area contributed by atoms with E-state index in [4.69, 9.17) is 5.11 Å². The minimum atomic E-state index is -1.27. The van der Waals surface area contributed by atoms with Gasteiger partial charge in [0.15, 0.2) is 0 Å². The van der Waals surface area contributed by atoms with Gasteiger partial charge in [0.1, 0.15) is 6.04 Å². The zero-order valence-corrected chi connectivity index (χ0v) is 12.9. The molecule has 0 bridgehead atoms. The number of imide groups is 1. The van der Waals surface area contributed by atoms with E-state index in [1.165, 1.54) is 0 Å². The second-order valence-corrected chi connectivity index (χ2v) is 5.15. The first kappa shape index (κ1) is 18.6. The molecule has 0 spiro atoms. The number of aliphatic carboxylic acids is 1. The zero-order chi connectivity index (χ0) is 17.4. The number of carboxylic acid groups (broad SMARTS) is 1. The van der Waals surface area contributed by atoms with Crippen molar-refractivity contribution < 1.29 is 33.9 Å². The quantitative estimate of drug-likeness (QED) is 0.575. The van der Waals surface area contributed by atoms with Crippen LogP contribution in [0.4, 0.5) is 0 Å². The van der Waals surface area contributed by atoms with Gasteiger partial charge in [-0.05, 0) is 12.8 Å². The molecule has 1 aliphatic rings. The fourth-order valence-electron chi connectivity index (χ4n) is 1.93. The van der Waals surface area contributed by atoms with Crippen LogP contribution in [-0.4, -0.2) is 45.9 Å². The molecular weight excluding hydrogens is 308 g/mol. The highest BCUT2D eigenvalue weighted by molar-refractivity contribution is 6.01. The van der Waals surface area contributed by atoms with Gasteiger partial charge in [-0.2, -0.15) is 0 Å². The van der Waals surface area contributed by atoms with Gasteiger partial charge in [0.05, 0.1) is 6.42 Å². The molecule has 23 heavy (non-hydrogen) atoms. The lowest BCUT2D eigenvalue weighted by Gasteiger charge is -2.15. The molecule has 128 valence electrons. The van der Waals surface area contributed by atoms with E-state index in [-0.39, 0.29) is 32.1 Å². The molecule has 9 heteroatoms. The van der Waals surface area contributed by atoms with Crippen LogP contribution in [-0.2, 0) is 28.8 Å². The lowest BCUT2D eigenvalue weighted by Crippen LogP contribution is -2.41. The van der Waals surface area contributed by atoms with Gasteiger partial charge in [0.25, 0.3) is 11.8 Å². The number of unbranched alkanes of at least 4 members (excludes halogenated alkanes) is 1. The maximum atomic E-state index is 11.6. The Kier molecular flexibility index (Phi) is 7.17. The van der Waals surface area contributed by atoms with Crippen molar-refractivity contribution in [3.63, 3.8) is 0 Å². The van der Waals surface area contributed by atoms with Gasteiger partial charge in [-0.3, -0.25) is 14.4 Å². The molecule has 2 N–H and O–H groups in total. The Labute approximate surface area is 132 Å². The van der Waals surface area contributed by atoms with Crippen LogP contribution in [0.15, 0.2) is 0 Å². The van der Waals surface area contributed by atoms with Crippen molar-refractivity contribution in [2.45, 2.75) is 57.9 Å². The van der Waals surface area contributed by atoms with Crippen molar-refractivity contribution >= 4 is 29.7 Å². The number of amides is 3. The molecule has 1 rings (SSSR count). The topological polar surface area (TPSA) is 130 Å². The van der Waals surface area contributed by atoms with Crippen molar-refractivity contribution in [1.82, 2.24) is 10.4 Å². The lowest BCUT2D eigenvalue weighted by molar-refractivity contribution is -0.197. The predicted molar refractivity (Wildman–Crippen MR) is 75.5 cm³/mol. The summed E-state index contributed by atoms with van der Waals surface area (Å²) in [6.45, 7) is 1.90. The minimum absolute atomic E-state index is 0.0165.